The normalized spacial score (nSPS) is 27.8. The summed E-state index contributed by atoms with van der Waals surface area (Å²) in [6, 6.07) is 0.700. The SMILES string of the molecule is CC1CC(NC(=O)c2cn(C3CCNCC3)nn2)C1. The Balaban J connectivity index is 1.58. The van der Waals surface area contributed by atoms with Crippen LogP contribution in [0.1, 0.15) is 49.1 Å². The molecule has 1 aromatic rings. The Kier molecular flexibility index (Phi) is 3.50. The number of piperidine rings is 1. The van der Waals surface area contributed by atoms with Crippen LogP contribution in [-0.4, -0.2) is 40.0 Å². The number of amides is 1. The minimum absolute atomic E-state index is 0.0860. The van der Waals surface area contributed by atoms with E-state index in [0.717, 1.165) is 44.7 Å². The first kappa shape index (κ1) is 12.6. The van der Waals surface area contributed by atoms with Gasteiger partial charge in [-0.15, -0.1) is 5.10 Å². The minimum Gasteiger partial charge on any atom is -0.348 e. The third kappa shape index (κ3) is 2.78. The maximum Gasteiger partial charge on any atom is 0.273 e. The van der Waals surface area contributed by atoms with Gasteiger partial charge in [0, 0.05) is 6.04 Å². The van der Waals surface area contributed by atoms with Gasteiger partial charge in [-0.25, -0.2) is 4.68 Å². The summed E-state index contributed by atoms with van der Waals surface area (Å²) in [4.78, 5) is 12.0. The van der Waals surface area contributed by atoms with E-state index >= 15 is 0 Å². The van der Waals surface area contributed by atoms with Crippen LogP contribution < -0.4 is 10.6 Å². The van der Waals surface area contributed by atoms with Crippen molar-refractivity contribution in [3.05, 3.63) is 11.9 Å². The van der Waals surface area contributed by atoms with Crippen LogP contribution in [0.4, 0.5) is 0 Å². The van der Waals surface area contributed by atoms with E-state index in [-0.39, 0.29) is 5.91 Å². The van der Waals surface area contributed by atoms with Crippen molar-refractivity contribution in [3.63, 3.8) is 0 Å². The van der Waals surface area contributed by atoms with E-state index < -0.39 is 0 Å². The second-order valence-electron chi connectivity index (χ2n) is 5.81. The molecule has 0 atom stereocenters. The van der Waals surface area contributed by atoms with Crippen LogP contribution in [0.15, 0.2) is 6.20 Å². The standard InChI is InChI=1S/C13H21N5O/c1-9-6-10(7-9)15-13(19)12-8-18(17-16-12)11-2-4-14-5-3-11/h8-11,14H,2-7H2,1H3,(H,15,19). The molecular weight excluding hydrogens is 242 g/mol. The molecule has 1 aliphatic carbocycles. The Morgan fingerprint density at radius 1 is 1.42 bits per heavy atom. The summed E-state index contributed by atoms with van der Waals surface area (Å²) in [6.07, 6.45) is 6.03. The molecule has 1 saturated heterocycles. The molecular formula is C13H21N5O. The molecule has 2 N–H and O–H groups in total. The van der Waals surface area contributed by atoms with E-state index in [2.05, 4.69) is 27.9 Å². The van der Waals surface area contributed by atoms with E-state index in [0.29, 0.717) is 17.8 Å². The molecule has 0 radical (unpaired) electrons. The van der Waals surface area contributed by atoms with Gasteiger partial charge in [0.15, 0.2) is 5.69 Å². The molecule has 1 amide bonds. The average Bonchev–Trinajstić information content (AvgIpc) is 2.87. The van der Waals surface area contributed by atoms with E-state index in [4.69, 9.17) is 0 Å². The topological polar surface area (TPSA) is 71.8 Å². The fourth-order valence-electron chi connectivity index (χ4n) is 2.91. The molecule has 3 rings (SSSR count). The van der Waals surface area contributed by atoms with E-state index in [9.17, 15) is 4.79 Å². The van der Waals surface area contributed by atoms with Crippen LogP contribution in [0.5, 0.6) is 0 Å². The summed E-state index contributed by atoms with van der Waals surface area (Å²) < 4.78 is 1.85. The zero-order chi connectivity index (χ0) is 13.2. The number of carbonyl (C=O) groups is 1. The highest BCUT2D eigenvalue weighted by molar-refractivity contribution is 5.92. The molecule has 1 aromatic heterocycles. The van der Waals surface area contributed by atoms with Crippen molar-refractivity contribution in [2.45, 2.75) is 44.7 Å². The van der Waals surface area contributed by atoms with Gasteiger partial charge in [-0.1, -0.05) is 12.1 Å². The quantitative estimate of drug-likeness (QED) is 0.843. The molecule has 2 heterocycles. The number of nitrogens with zero attached hydrogens (tertiary/aromatic N) is 3. The zero-order valence-electron chi connectivity index (χ0n) is 11.3. The molecule has 19 heavy (non-hydrogen) atoms. The van der Waals surface area contributed by atoms with Gasteiger partial charge in [0.2, 0.25) is 0 Å². The Morgan fingerprint density at radius 2 is 2.16 bits per heavy atom. The van der Waals surface area contributed by atoms with E-state index in [1.165, 1.54) is 0 Å². The number of hydrogen-bond donors (Lipinski definition) is 2. The maximum absolute atomic E-state index is 12.0. The fraction of sp³-hybridized carbons (Fsp3) is 0.769. The average molecular weight is 263 g/mol. The third-order valence-corrected chi connectivity index (χ3v) is 4.13. The van der Waals surface area contributed by atoms with Gasteiger partial charge in [0.25, 0.3) is 5.91 Å². The van der Waals surface area contributed by atoms with Gasteiger partial charge in [0.1, 0.15) is 0 Å². The Hall–Kier alpha value is -1.43. The monoisotopic (exact) mass is 263 g/mol. The second kappa shape index (κ2) is 5.28. The number of hydrogen-bond acceptors (Lipinski definition) is 4. The van der Waals surface area contributed by atoms with Gasteiger partial charge in [-0.2, -0.15) is 0 Å². The highest BCUT2D eigenvalue weighted by Gasteiger charge is 2.28. The molecule has 6 heteroatoms. The predicted octanol–water partition coefficient (Wildman–Crippen LogP) is 0.731. The molecule has 0 unspecified atom stereocenters. The van der Waals surface area contributed by atoms with Crippen molar-refractivity contribution in [2.24, 2.45) is 5.92 Å². The molecule has 1 aliphatic heterocycles. The number of rotatable bonds is 3. The van der Waals surface area contributed by atoms with Gasteiger partial charge in [-0.05, 0) is 44.7 Å². The van der Waals surface area contributed by atoms with Crippen molar-refractivity contribution in [1.29, 1.82) is 0 Å². The lowest BCUT2D eigenvalue weighted by atomic mass is 9.82. The smallest absolute Gasteiger partial charge is 0.273 e. The summed E-state index contributed by atoms with van der Waals surface area (Å²) in [5.74, 6) is 0.646. The zero-order valence-corrected chi connectivity index (χ0v) is 11.3. The van der Waals surface area contributed by atoms with Crippen molar-refractivity contribution >= 4 is 5.91 Å². The number of aromatic nitrogens is 3. The summed E-state index contributed by atoms with van der Waals surface area (Å²) in [5.41, 5.74) is 0.443. The van der Waals surface area contributed by atoms with Crippen LogP contribution in [0, 0.1) is 5.92 Å². The fourth-order valence-corrected chi connectivity index (χ4v) is 2.91. The Morgan fingerprint density at radius 3 is 2.84 bits per heavy atom. The summed E-state index contributed by atoms with van der Waals surface area (Å²) in [6.45, 7) is 4.22. The highest BCUT2D eigenvalue weighted by atomic mass is 16.2. The molecule has 2 aliphatic rings. The first-order valence-corrected chi connectivity index (χ1v) is 7.16. The molecule has 104 valence electrons. The van der Waals surface area contributed by atoms with Crippen LogP contribution in [-0.2, 0) is 0 Å². The largest absolute Gasteiger partial charge is 0.348 e. The van der Waals surface area contributed by atoms with Crippen molar-refractivity contribution in [1.82, 2.24) is 25.6 Å². The van der Waals surface area contributed by atoms with Gasteiger partial charge < -0.3 is 10.6 Å². The van der Waals surface area contributed by atoms with Crippen LogP contribution in [0.2, 0.25) is 0 Å². The van der Waals surface area contributed by atoms with Crippen molar-refractivity contribution < 1.29 is 4.79 Å². The van der Waals surface area contributed by atoms with E-state index in [1.54, 1.807) is 6.20 Å². The van der Waals surface area contributed by atoms with Crippen LogP contribution >= 0.6 is 0 Å². The first-order valence-electron chi connectivity index (χ1n) is 7.16. The molecule has 0 aromatic carbocycles. The predicted molar refractivity (Wildman–Crippen MR) is 70.8 cm³/mol. The minimum atomic E-state index is -0.0860. The van der Waals surface area contributed by atoms with Crippen molar-refractivity contribution in [2.75, 3.05) is 13.1 Å². The number of nitrogens with one attached hydrogen (secondary N) is 2. The van der Waals surface area contributed by atoms with Gasteiger partial charge in [-0.3, -0.25) is 4.79 Å². The molecule has 6 nitrogen and oxygen atoms in total. The third-order valence-electron chi connectivity index (χ3n) is 4.13. The van der Waals surface area contributed by atoms with Gasteiger partial charge in [0.05, 0.1) is 12.2 Å². The van der Waals surface area contributed by atoms with Crippen LogP contribution in [0.25, 0.3) is 0 Å². The molecule has 2 fully saturated rings. The molecule has 0 spiro atoms. The van der Waals surface area contributed by atoms with E-state index in [1.807, 2.05) is 4.68 Å². The lowest BCUT2D eigenvalue weighted by Gasteiger charge is -2.32. The molecule has 1 saturated carbocycles. The molecule has 0 bridgehead atoms. The summed E-state index contributed by atoms with van der Waals surface area (Å²) in [7, 11) is 0. The lowest BCUT2D eigenvalue weighted by Crippen LogP contribution is -2.43. The highest BCUT2D eigenvalue weighted by Crippen LogP contribution is 2.26. The summed E-state index contributed by atoms with van der Waals surface area (Å²) >= 11 is 0. The lowest BCUT2D eigenvalue weighted by molar-refractivity contribution is 0.0891. The van der Waals surface area contributed by atoms with Crippen LogP contribution in [0.3, 0.4) is 0 Å². The maximum atomic E-state index is 12.0. The second-order valence-corrected chi connectivity index (χ2v) is 5.81. The first-order chi connectivity index (χ1) is 9.22. The Bertz CT molecular complexity index is 446. The summed E-state index contributed by atoms with van der Waals surface area (Å²) in [5, 5.41) is 14.4. The Labute approximate surface area is 112 Å². The van der Waals surface area contributed by atoms with Gasteiger partial charge >= 0.3 is 0 Å². The van der Waals surface area contributed by atoms with Crippen molar-refractivity contribution in [3.8, 4) is 0 Å². The number of carbonyl (C=O) groups excluding carboxylic acids is 1.